The average Bonchev–Trinajstić information content (AvgIpc) is 2.92. The van der Waals surface area contributed by atoms with Crippen LogP contribution in [0.15, 0.2) is 41.4 Å². The third kappa shape index (κ3) is 6.56. The number of alkyl halides is 1. The molecular formula is C28H32F4N2O2S. The number of benzene rings is 2. The Labute approximate surface area is 219 Å². The Morgan fingerprint density at radius 2 is 1.92 bits per heavy atom. The second-order valence-electron chi connectivity index (χ2n) is 9.68. The number of aryl methyl sites for hydroxylation is 1. The molecule has 4 rings (SSSR count). The van der Waals surface area contributed by atoms with Crippen LogP contribution in [0.2, 0.25) is 0 Å². The molecule has 4 nitrogen and oxygen atoms in total. The SMILES string of the molecule is COc1ccc2ncc(CF)c(CCCC3(CO)CCN(CCSc4cc(F)cc(F)c4F)CC3)c2c1. The van der Waals surface area contributed by atoms with Crippen LogP contribution in [0.1, 0.15) is 36.8 Å². The van der Waals surface area contributed by atoms with E-state index in [9.17, 15) is 22.7 Å². The first-order valence-corrected chi connectivity index (χ1v) is 13.5. The second-order valence-corrected chi connectivity index (χ2v) is 10.8. The fourth-order valence-corrected chi connectivity index (χ4v) is 6.10. The quantitative estimate of drug-likeness (QED) is 0.177. The summed E-state index contributed by atoms with van der Waals surface area (Å²) in [5.74, 6) is -1.76. The molecule has 1 saturated heterocycles. The predicted octanol–water partition coefficient (Wildman–Crippen LogP) is 6.32. The van der Waals surface area contributed by atoms with Crippen molar-refractivity contribution in [2.75, 3.05) is 39.1 Å². The van der Waals surface area contributed by atoms with Gasteiger partial charge < -0.3 is 14.7 Å². The van der Waals surface area contributed by atoms with Crippen molar-refractivity contribution < 1.29 is 27.4 Å². The molecule has 2 aromatic carbocycles. The summed E-state index contributed by atoms with van der Waals surface area (Å²) in [5, 5.41) is 11.1. The lowest BCUT2D eigenvalue weighted by Gasteiger charge is -2.41. The summed E-state index contributed by atoms with van der Waals surface area (Å²) in [6, 6.07) is 7.19. The number of aromatic nitrogens is 1. The van der Waals surface area contributed by atoms with Gasteiger partial charge in [-0.1, -0.05) is 0 Å². The smallest absolute Gasteiger partial charge is 0.172 e. The number of ether oxygens (including phenoxy) is 1. The third-order valence-corrected chi connectivity index (χ3v) is 8.43. The van der Waals surface area contributed by atoms with E-state index in [1.165, 1.54) is 0 Å². The molecule has 37 heavy (non-hydrogen) atoms. The maximum atomic E-state index is 13.9. The first kappa shape index (κ1) is 27.7. The minimum Gasteiger partial charge on any atom is -0.497 e. The molecule has 1 fully saturated rings. The van der Waals surface area contributed by atoms with E-state index < -0.39 is 24.1 Å². The highest BCUT2D eigenvalue weighted by molar-refractivity contribution is 7.99. The van der Waals surface area contributed by atoms with Crippen molar-refractivity contribution >= 4 is 22.7 Å². The van der Waals surface area contributed by atoms with E-state index in [0.717, 1.165) is 73.1 Å². The molecule has 0 amide bonds. The largest absolute Gasteiger partial charge is 0.497 e. The predicted molar refractivity (Wildman–Crippen MR) is 138 cm³/mol. The normalized spacial score (nSPS) is 15.8. The van der Waals surface area contributed by atoms with Crippen LogP contribution >= 0.6 is 11.8 Å². The molecule has 2 heterocycles. The van der Waals surface area contributed by atoms with E-state index in [-0.39, 0.29) is 16.9 Å². The Kier molecular flexibility index (Phi) is 9.31. The summed E-state index contributed by atoms with van der Waals surface area (Å²) in [6.45, 7) is 1.73. The number of thioether (sulfide) groups is 1. The van der Waals surface area contributed by atoms with Gasteiger partial charge >= 0.3 is 0 Å². The molecule has 0 saturated carbocycles. The van der Waals surface area contributed by atoms with Crippen molar-refractivity contribution in [3.63, 3.8) is 0 Å². The molecule has 0 atom stereocenters. The lowest BCUT2D eigenvalue weighted by molar-refractivity contribution is 0.0378. The maximum Gasteiger partial charge on any atom is 0.172 e. The summed E-state index contributed by atoms with van der Waals surface area (Å²) in [7, 11) is 1.60. The number of fused-ring (bicyclic) bond motifs is 1. The molecular weight excluding hydrogens is 504 g/mol. The Morgan fingerprint density at radius 1 is 1.14 bits per heavy atom. The number of hydrogen-bond donors (Lipinski definition) is 1. The maximum absolute atomic E-state index is 13.9. The fraction of sp³-hybridized carbons (Fsp3) is 0.464. The molecule has 3 aromatic rings. The molecule has 0 bridgehead atoms. The molecule has 9 heteroatoms. The zero-order chi connectivity index (χ0) is 26.4. The van der Waals surface area contributed by atoms with Gasteiger partial charge in [0.25, 0.3) is 0 Å². The highest BCUT2D eigenvalue weighted by atomic mass is 32.2. The summed E-state index contributed by atoms with van der Waals surface area (Å²) in [4.78, 5) is 6.59. The Bertz CT molecular complexity index is 1210. The lowest BCUT2D eigenvalue weighted by atomic mass is 9.75. The van der Waals surface area contributed by atoms with E-state index in [1.54, 1.807) is 13.3 Å². The van der Waals surface area contributed by atoms with E-state index in [4.69, 9.17) is 4.74 Å². The first-order valence-electron chi connectivity index (χ1n) is 12.5. The molecule has 1 aliphatic rings. The number of pyridine rings is 1. The Hall–Kier alpha value is -2.36. The van der Waals surface area contributed by atoms with E-state index >= 15 is 0 Å². The topological polar surface area (TPSA) is 45.6 Å². The number of piperidine rings is 1. The number of likely N-dealkylation sites (tertiary alicyclic amines) is 1. The number of halogens is 4. The van der Waals surface area contributed by atoms with Gasteiger partial charge in [0.15, 0.2) is 11.6 Å². The molecule has 1 aliphatic heterocycles. The van der Waals surface area contributed by atoms with Gasteiger partial charge in [-0.3, -0.25) is 4.98 Å². The first-order chi connectivity index (χ1) is 17.9. The van der Waals surface area contributed by atoms with Crippen LogP contribution in [-0.2, 0) is 13.1 Å². The highest BCUT2D eigenvalue weighted by Crippen LogP contribution is 2.37. The molecule has 0 radical (unpaired) electrons. The van der Waals surface area contributed by atoms with Crippen molar-refractivity contribution in [3.8, 4) is 5.75 Å². The Morgan fingerprint density at radius 3 is 2.62 bits per heavy atom. The Balaban J connectivity index is 1.31. The van der Waals surface area contributed by atoms with E-state index in [2.05, 4.69) is 9.88 Å². The van der Waals surface area contributed by atoms with Gasteiger partial charge in [0.1, 0.15) is 18.2 Å². The van der Waals surface area contributed by atoms with Crippen LogP contribution in [0, 0.1) is 22.9 Å². The number of aliphatic hydroxyl groups is 1. The van der Waals surface area contributed by atoms with Gasteiger partial charge in [-0.2, -0.15) is 0 Å². The summed E-state index contributed by atoms with van der Waals surface area (Å²) >= 11 is 1.10. The zero-order valence-electron chi connectivity index (χ0n) is 20.9. The lowest BCUT2D eigenvalue weighted by Crippen LogP contribution is -2.42. The molecule has 0 aliphatic carbocycles. The van der Waals surface area contributed by atoms with Crippen LogP contribution in [0.3, 0.4) is 0 Å². The molecule has 0 spiro atoms. The van der Waals surface area contributed by atoms with Gasteiger partial charge in [-0.25, -0.2) is 17.6 Å². The zero-order valence-corrected chi connectivity index (χ0v) is 21.7. The number of hydrogen-bond acceptors (Lipinski definition) is 5. The van der Waals surface area contributed by atoms with Crippen LogP contribution < -0.4 is 4.74 Å². The highest BCUT2D eigenvalue weighted by Gasteiger charge is 2.33. The molecule has 1 N–H and O–H groups in total. The number of aliphatic hydroxyl groups excluding tert-OH is 1. The van der Waals surface area contributed by atoms with E-state index in [1.807, 2.05) is 18.2 Å². The van der Waals surface area contributed by atoms with Crippen LogP contribution in [0.25, 0.3) is 10.9 Å². The third-order valence-electron chi connectivity index (χ3n) is 7.43. The van der Waals surface area contributed by atoms with Crippen molar-refractivity contribution in [2.45, 2.75) is 43.7 Å². The summed E-state index contributed by atoms with van der Waals surface area (Å²) < 4.78 is 59.8. The van der Waals surface area contributed by atoms with Crippen LogP contribution in [0.4, 0.5) is 17.6 Å². The van der Waals surface area contributed by atoms with Crippen molar-refractivity contribution in [2.24, 2.45) is 5.41 Å². The molecule has 200 valence electrons. The number of rotatable bonds is 11. The van der Waals surface area contributed by atoms with E-state index in [0.29, 0.717) is 36.1 Å². The fourth-order valence-electron chi connectivity index (χ4n) is 5.11. The molecule has 1 aromatic heterocycles. The standard InChI is InChI=1S/C28H32F4N2O2S/c1-36-21-4-5-25-23(15-21)22(19(16-29)17-33-25)3-2-6-28(18-35)7-9-34(10-8-28)11-12-37-26-14-20(30)13-24(31)27(26)32/h4-5,13-15,17,35H,2-3,6-12,16,18H2,1H3. The second kappa shape index (κ2) is 12.5. The average molecular weight is 537 g/mol. The molecule has 0 unspecified atom stereocenters. The monoisotopic (exact) mass is 536 g/mol. The van der Waals surface area contributed by atoms with Gasteiger partial charge in [0.2, 0.25) is 0 Å². The van der Waals surface area contributed by atoms with Crippen LogP contribution in [-0.4, -0.2) is 54.1 Å². The number of methoxy groups -OCH3 is 1. The van der Waals surface area contributed by atoms with Crippen molar-refractivity contribution in [3.05, 3.63) is 65.1 Å². The van der Waals surface area contributed by atoms with Gasteiger partial charge in [0.05, 0.1) is 12.6 Å². The number of nitrogens with zero attached hydrogens (tertiary/aromatic N) is 2. The summed E-state index contributed by atoms with van der Waals surface area (Å²) in [5.41, 5.74) is 2.13. The van der Waals surface area contributed by atoms with Gasteiger partial charge in [-0.05, 0) is 80.4 Å². The minimum atomic E-state index is -1.18. The van der Waals surface area contributed by atoms with Gasteiger partial charge in [-0.15, -0.1) is 11.8 Å². The van der Waals surface area contributed by atoms with Crippen LogP contribution in [0.5, 0.6) is 5.75 Å². The van der Waals surface area contributed by atoms with Crippen molar-refractivity contribution in [1.82, 2.24) is 9.88 Å². The van der Waals surface area contributed by atoms with Crippen molar-refractivity contribution in [1.29, 1.82) is 0 Å². The minimum absolute atomic E-state index is 0.0203. The van der Waals surface area contributed by atoms with Gasteiger partial charge in [0, 0.05) is 47.0 Å². The summed E-state index contributed by atoms with van der Waals surface area (Å²) in [6.07, 6.45) is 5.55.